The Bertz CT molecular complexity index is 326. The average molecular weight is 273 g/mol. The first-order valence-electron chi connectivity index (χ1n) is 5.03. The van der Waals surface area contributed by atoms with Crippen molar-refractivity contribution < 1.29 is 4.79 Å². The van der Waals surface area contributed by atoms with E-state index in [0.29, 0.717) is 11.7 Å². The molecule has 1 saturated carbocycles. The molecule has 1 aromatic rings. The number of ketones is 1. The van der Waals surface area contributed by atoms with Crippen molar-refractivity contribution in [2.75, 3.05) is 0 Å². The van der Waals surface area contributed by atoms with Gasteiger partial charge in [-0.3, -0.25) is 4.79 Å². The van der Waals surface area contributed by atoms with Crippen molar-refractivity contribution in [1.29, 1.82) is 0 Å². The maximum Gasteiger partial charge on any atom is 0.174 e. The van der Waals surface area contributed by atoms with Crippen LogP contribution in [0.2, 0.25) is 0 Å². The van der Waals surface area contributed by atoms with Crippen LogP contribution >= 0.6 is 27.3 Å². The molecule has 1 nitrogen and oxygen atoms in total. The Morgan fingerprint density at radius 3 is 2.79 bits per heavy atom. The molecule has 1 aliphatic carbocycles. The summed E-state index contributed by atoms with van der Waals surface area (Å²) >= 11 is 4.95. The summed E-state index contributed by atoms with van der Waals surface area (Å²) in [6, 6.07) is 1.95. The highest BCUT2D eigenvalue weighted by atomic mass is 79.9. The van der Waals surface area contributed by atoms with Crippen molar-refractivity contribution >= 4 is 33.0 Å². The van der Waals surface area contributed by atoms with Gasteiger partial charge in [0.2, 0.25) is 0 Å². The van der Waals surface area contributed by atoms with Crippen LogP contribution in [0.1, 0.15) is 41.8 Å². The van der Waals surface area contributed by atoms with E-state index in [1.807, 2.05) is 11.4 Å². The third kappa shape index (κ3) is 2.26. The lowest BCUT2D eigenvalue weighted by molar-refractivity contribution is 0.0965. The second-order valence-corrected chi connectivity index (χ2v) is 5.65. The van der Waals surface area contributed by atoms with Crippen molar-refractivity contribution in [2.45, 2.75) is 32.1 Å². The number of hydrogen-bond donors (Lipinski definition) is 0. The van der Waals surface area contributed by atoms with Crippen LogP contribution in [-0.4, -0.2) is 5.78 Å². The largest absolute Gasteiger partial charge is 0.293 e. The van der Waals surface area contributed by atoms with Crippen LogP contribution in [0.5, 0.6) is 0 Å². The highest BCUT2D eigenvalue weighted by molar-refractivity contribution is 9.10. The zero-order valence-corrected chi connectivity index (χ0v) is 10.4. The Kier molecular flexibility index (Phi) is 3.39. The predicted molar refractivity (Wildman–Crippen MR) is 62.9 cm³/mol. The summed E-state index contributed by atoms with van der Waals surface area (Å²) in [5, 5.41) is 1.96. The van der Waals surface area contributed by atoms with Gasteiger partial charge in [0.05, 0.1) is 4.88 Å². The molecule has 76 valence electrons. The van der Waals surface area contributed by atoms with E-state index in [0.717, 1.165) is 15.8 Å². The van der Waals surface area contributed by atoms with Gasteiger partial charge < -0.3 is 0 Å². The quantitative estimate of drug-likeness (QED) is 0.751. The summed E-state index contributed by atoms with van der Waals surface area (Å²) in [5.74, 6) is 0.968. The van der Waals surface area contributed by atoms with Crippen LogP contribution in [0.4, 0.5) is 0 Å². The van der Waals surface area contributed by atoms with Gasteiger partial charge in [-0.25, -0.2) is 0 Å². The molecule has 0 bridgehead atoms. The normalized spacial score (nSPS) is 17.5. The Morgan fingerprint density at radius 2 is 2.21 bits per heavy atom. The van der Waals surface area contributed by atoms with Crippen molar-refractivity contribution in [2.24, 2.45) is 5.92 Å². The molecule has 3 heteroatoms. The average Bonchev–Trinajstić information content (AvgIpc) is 2.75. The molecule has 0 saturated heterocycles. The number of Topliss-reactive ketones (excluding diaryl/α,β-unsaturated/α-hetero) is 1. The van der Waals surface area contributed by atoms with Crippen LogP contribution in [0.3, 0.4) is 0 Å². The fourth-order valence-electron chi connectivity index (χ4n) is 2.06. The minimum Gasteiger partial charge on any atom is -0.293 e. The summed E-state index contributed by atoms with van der Waals surface area (Å²) in [5.41, 5.74) is 0. The first kappa shape index (κ1) is 10.4. The van der Waals surface area contributed by atoms with Crippen molar-refractivity contribution in [3.05, 3.63) is 20.8 Å². The van der Waals surface area contributed by atoms with Gasteiger partial charge in [0.1, 0.15) is 0 Å². The van der Waals surface area contributed by atoms with E-state index in [1.165, 1.54) is 25.7 Å². The number of rotatable bonds is 3. The van der Waals surface area contributed by atoms with Crippen LogP contribution in [0.25, 0.3) is 0 Å². The minimum absolute atomic E-state index is 0.318. The Hall–Kier alpha value is -0.150. The summed E-state index contributed by atoms with van der Waals surface area (Å²) in [7, 11) is 0. The molecule has 0 N–H and O–H groups in total. The molecule has 0 unspecified atom stereocenters. The summed E-state index contributed by atoms with van der Waals surface area (Å²) in [6.45, 7) is 0. The van der Waals surface area contributed by atoms with E-state index in [2.05, 4.69) is 15.9 Å². The molecule has 1 aromatic heterocycles. The standard InChI is InChI=1S/C11H13BrOS/c12-9-5-6-14-11(9)10(13)7-8-3-1-2-4-8/h5-6,8H,1-4,7H2. The van der Waals surface area contributed by atoms with E-state index in [-0.39, 0.29) is 0 Å². The first-order valence-corrected chi connectivity index (χ1v) is 6.71. The van der Waals surface area contributed by atoms with E-state index in [4.69, 9.17) is 0 Å². The zero-order valence-electron chi connectivity index (χ0n) is 7.96. The molecule has 14 heavy (non-hydrogen) atoms. The molecule has 0 amide bonds. The van der Waals surface area contributed by atoms with E-state index in [1.54, 1.807) is 11.3 Å². The van der Waals surface area contributed by atoms with Crippen molar-refractivity contribution in [3.63, 3.8) is 0 Å². The zero-order chi connectivity index (χ0) is 9.97. The highest BCUT2D eigenvalue weighted by Crippen LogP contribution is 2.31. The van der Waals surface area contributed by atoms with Gasteiger partial charge in [-0.1, -0.05) is 25.7 Å². The van der Waals surface area contributed by atoms with Crippen LogP contribution in [-0.2, 0) is 0 Å². The molecule has 0 spiro atoms. The van der Waals surface area contributed by atoms with E-state index in [9.17, 15) is 4.79 Å². The molecule has 1 aliphatic rings. The topological polar surface area (TPSA) is 17.1 Å². The summed E-state index contributed by atoms with van der Waals surface area (Å²) < 4.78 is 0.963. The molecule has 0 aliphatic heterocycles. The number of halogens is 1. The third-order valence-electron chi connectivity index (χ3n) is 2.82. The molecule has 0 aromatic carbocycles. The van der Waals surface area contributed by atoms with E-state index >= 15 is 0 Å². The second-order valence-electron chi connectivity index (χ2n) is 3.88. The highest BCUT2D eigenvalue weighted by Gasteiger charge is 2.20. The van der Waals surface area contributed by atoms with Gasteiger partial charge >= 0.3 is 0 Å². The SMILES string of the molecule is O=C(CC1CCCC1)c1sccc1Br. The van der Waals surface area contributed by atoms with Gasteiger partial charge in [0, 0.05) is 10.9 Å². The lowest BCUT2D eigenvalue weighted by atomic mass is 10.0. The molecule has 0 radical (unpaired) electrons. The molecular weight excluding hydrogens is 260 g/mol. The van der Waals surface area contributed by atoms with Gasteiger partial charge in [0.15, 0.2) is 5.78 Å². The monoisotopic (exact) mass is 272 g/mol. The van der Waals surface area contributed by atoms with E-state index < -0.39 is 0 Å². The van der Waals surface area contributed by atoms with Crippen LogP contribution in [0, 0.1) is 5.92 Å². The minimum atomic E-state index is 0.318. The van der Waals surface area contributed by atoms with Crippen molar-refractivity contribution in [1.82, 2.24) is 0 Å². The number of thiophene rings is 1. The fourth-order valence-corrected chi connectivity index (χ4v) is 3.61. The van der Waals surface area contributed by atoms with Crippen molar-refractivity contribution in [3.8, 4) is 0 Å². The predicted octanol–water partition coefficient (Wildman–Crippen LogP) is 4.27. The van der Waals surface area contributed by atoms with Gasteiger partial charge in [0.25, 0.3) is 0 Å². The third-order valence-corrected chi connectivity index (χ3v) is 4.70. The number of carbonyl (C=O) groups excluding carboxylic acids is 1. The molecule has 1 fully saturated rings. The molecule has 0 atom stereocenters. The van der Waals surface area contributed by atoms with Gasteiger partial charge in [-0.2, -0.15) is 0 Å². The lowest BCUT2D eigenvalue weighted by Crippen LogP contribution is -2.04. The number of hydrogen-bond acceptors (Lipinski definition) is 2. The van der Waals surface area contributed by atoms with Gasteiger partial charge in [-0.05, 0) is 33.3 Å². The van der Waals surface area contributed by atoms with Crippen LogP contribution < -0.4 is 0 Å². The van der Waals surface area contributed by atoms with Gasteiger partial charge in [-0.15, -0.1) is 11.3 Å². The maximum atomic E-state index is 11.9. The maximum absolute atomic E-state index is 11.9. The molecular formula is C11H13BrOS. The molecule has 1 heterocycles. The van der Waals surface area contributed by atoms with Crippen LogP contribution in [0.15, 0.2) is 15.9 Å². The number of carbonyl (C=O) groups is 1. The Labute approximate surface area is 96.6 Å². The Morgan fingerprint density at radius 1 is 1.50 bits per heavy atom. The lowest BCUT2D eigenvalue weighted by Gasteiger charge is -2.06. The second kappa shape index (κ2) is 4.58. The summed E-state index contributed by atoms with van der Waals surface area (Å²) in [4.78, 5) is 12.8. The molecule has 2 rings (SSSR count). The first-order chi connectivity index (χ1) is 6.77. The Balaban J connectivity index is 1.98. The smallest absolute Gasteiger partial charge is 0.174 e. The summed E-state index contributed by atoms with van der Waals surface area (Å²) in [6.07, 6.45) is 5.86. The fraction of sp³-hybridized carbons (Fsp3) is 0.545.